The molecule has 0 aliphatic rings. The van der Waals surface area contributed by atoms with Gasteiger partial charge in [-0.1, -0.05) is 29.3 Å². The summed E-state index contributed by atoms with van der Waals surface area (Å²) in [5.41, 5.74) is 3.95. The summed E-state index contributed by atoms with van der Waals surface area (Å²) in [5, 5.41) is 0.383. The third kappa shape index (κ3) is 4.39. The van der Waals surface area contributed by atoms with Gasteiger partial charge in [0.05, 0.1) is 18.4 Å². The highest BCUT2D eigenvalue weighted by molar-refractivity contribution is 6.31. The molecule has 0 aliphatic carbocycles. The first-order valence-corrected chi connectivity index (χ1v) is 6.92. The Morgan fingerprint density at radius 1 is 1.10 bits per heavy atom. The van der Waals surface area contributed by atoms with Crippen molar-refractivity contribution in [1.82, 2.24) is 9.88 Å². The molecule has 0 saturated carbocycles. The normalized spacial score (nSPS) is 11.4. The minimum atomic E-state index is 0.383. The Balaban J connectivity index is 2.06. The van der Waals surface area contributed by atoms with Crippen LogP contribution in [0.5, 0.6) is 0 Å². The maximum atomic E-state index is 5.94. The van der Waals surface area contributed by atoms with Crippen molar-refractivity contribution in [1.29, 1.82) is 0 Å². The van der Waals surface area contributed by atoms with E-state index in [4.69, 9.17) is 11.6 Å². The van der Waals surface area contributed by atoms with Crippen LogP contribution >= 0.6 is 11.6 Å². The van der Waals surface area contributed by atoms with Gasteiger partial charge in [0.2, 0.25) is 0 Å². The van der Waals surface area contributed by atoms with Crippen molar-refractivity contribution in [3.8, 4) is 0 Å². The molecule has 0 bridgehead atoms. The highest BCUT2D eigenvalue weighted by Gasteiger charge is 1.97. The van der Waals surface area contributed by atoms with Crippen LogP contribution in [-0.2, 0) is 0 Å². The number of pyridine rings is 1. The maximum Gasteiger partial charge on any atom is 0.154 e. The standard InChI is InChI=1S/C16H17ClN4/c1-12-6-7-14(13(2)9-12)19-10-21(3)11-20-15-5-4-8-18-16(15)17/h4-11H,1-3H3. The lowest BCUT2D eigenvalue weighted by Crippen LogP contribution is -2.12. The van der Waals surface area contributed by atoms with Gasteiger partial charge in [0.15, 0.2) is 5.15 Å². The number of halogens is 1. The first-order chi connectivity index (χ1) is 10.1. The van der Waals surface area contributed by atoms with Gasteiger partial charge in [-0.25, -0.2) is 15.0 Å². The van der Waals surface area contributed by atoms with Crippen LogP contribution in [-0.4, -0.2) is 29.6 Å². The molecule has 2 aromatic rings. The van der Waals surface area contributed by atoms with Gasteiger partial charge in [0.25, 0.3) is 0 Å². The average molecular weight is 301 g/mol. The van der Waals surface area contributed by atoms with E-state index in [1.165, 1.54) is 5.56 Å². The zero-order chi connectivity index (χ0) is 15.2. The van der Waals surface area contributed by atoms with Crippen molar-refractivity contribution >= 4 is 35.7 Å². The lowest BCUT2D eigenvalue weighted by atomic mass is 10.1. The van der Waals surface area contributed by atoms with Crippen molar-refractivity contribution in [3.05, 3.63) is 52.8 Å². The molecule has 0 unspecified atom stereocenters. The van der Waals surface area contributed by atoms with E-state index in [1.807, 2.05) is 26.1 Å². The maximum absolute atomic E-state index is 5.94. The van der Waals surface area contributed by atoms with E-state index in [1.54, 1.807) is 35.9 Å². The summed E-state index contributed by atoms with van der Waals surface area (Å²) in [4.78, 5) is 14.4. The molecular weight excluding hydrogens is 284 g/mol. The van der Waals surface area contributed by atoms with Gasteiger partial charge in [-0.15, -0.1) is 0 Å². The molecule has 0 fully saturated rings. The van der Waals surface area contributed by atoms with E-state index in [9.17, 15) is 0 Å². The molecule has 0 aliphatic heterocycles. The fourth-order valence-electron chi connectivity index (χ4n) is 1.76. The molecule has 1 aromatic heterocycles. The van der Waals surface area contributed by atoms with Crippen molar-refractivity contribution in [2.75, 3.05) is 7.05 Å². The van der Waals surface area contributed by atoms with E-state index < -0.39 is 0 Å². The number of nitrogens with zero attached hydrogens (tertiary/aromatic N) is 4. The highest BCUT2D eigenvalue weighted by Crippen LogP contribution is 2.20. The minimum Gasteiger partial charge on any atom is -0.326 e. The summed E-state index contributed by atoms with van der Waals surface area (Å²) < 4.78 is 0. The summed E-state index contributed by atoms with van der Waals surface area (Å²) >= 11 is 5.94. The van der Waals surface area contributed by atoms with Crippen LogP contribution < -0.4 is 0 Å². The Kier molecular flexibility index (Phi) is 5.06. The number of hydrogen-bond donors (Lipinski definition) is 0. The lowest BCUT2D eigenvalue weighted by molar-refractivity contribution is 0.801. The number of hydrogen-bond acceptors (Lipinski definition) is 3. The number of aryl methyl sites for hydroxylation is 2. The first kappa shape index (κ1) is 15.2. The monoisotopic (exact) mass is 300 g/mol. The summed E-state index contributed by atoms with van der Waals surface area (Å²) in [7, 11) is 1.86. The zero-order valence-electron chi connectivity index (χ0n) is 12.3. The molecule has 1 aromatic carbocycles. The molecular formula is C16H17ClN4. The largest absolute Gasteiger partial charge is 0.326 e. The smallest absolute Gasteiger partial charge is 0.154 e. The molecule has 108 valence electrons. The fourth-order valence-corrected chi connectivity index (χ4v) is 1.93. The highest BCUT2D eigenvalue weighted by atomic mass is 35.5. The summed E-state index contributed by atoms with van der Waals surface area (Å²) in [6.45, 7) is 4.11. The van der Waals surface area contributed by atoms with E-state index in [2.05, 4.69) is 28.0 Å². The fraction of sp³-hybridized carbons (Fsp3) is 0.188. The van der Waals surface area contributed by atoms with Crippen molar-refractivity contribution in [3.63, 3.8) is 0 Å². The number of aromatic nitrogens is 1. The van der Waals surface area contributed by atoms with Crippen LogP contribution in [0, 0.1) is 13.8 Å². The summed E-state index contributed by atoms with van der Waals surface area (Å²) in [6.07, 6.45) is 4.99. The third-order valence-corrected chi connectivity index (χ3v) is 3.14. The molecule has 0 saturated heterocycles. The molecule has 0 radical (unpaired) electrons. The lowest BCUT2D eigenvalue weighted by Gasteiger charge is -2.06. The predicted octanol–water partition coefficient (Wildman–Crippen LogP) is 4.30. The van der Waals surface area contributed by atoms with Gasteiger partial charge in [0, 0.05) is 13.2 Å². The van der Waals surface area contributed by atoms with E-state index in [-0.39, 0.29) is 0 Å². The molecule has 0 atom stereocenters. The van der Waals surface area contributed by atoms with Gasteiger partial charge in [-0.05, 0) is 37.6 Å². The quantitative estimate of drug-likeness (QED) is 0.480. The second-order valence-electron chi connectivity index (χ2n) is 4.76. The van der Waals surface area contributed by atoms with Crippen LogP contribution in [0.25, 0.3) is 0 Å². The second kappa shape index (κ2) is 6.99. The SMILES string of the molecule is Cc1ccc(N=CN(C)C=Nc2cccnc2Cl)c(C)c1. The van der Waals surface area contributed by atoms with Gasteiger partial charge in [-0.2, -0.15) is 0 Å². The van der Waals surface area contributed by atoms with Gasteiger partial charge < -0.3 is 4.90 Å². The predicted molar refractivity (Wildman–Crippen MR) is 89.2 cm³/mol. The molecule has 0 spiro atoms. The Morgan fingerprint density at radius 2 is 1.81 bits per heavy atom. The van der Waals surface area contributed by atoms with Crippen molar-refractivity contribution < 1.29 is 0 Å². The first-order valence-electron chi connectivity index (χ1n) is 6.54. The van der Waals surface area contributed by atoms with Crippen LogP contribution in [0.3, 0.4) is 0 Å². The second-order valence-corrected chi connectivity index (χ2v) is 5.12. The average Bonchev–Trinajstić information content (AvgIpc) is 2.45. The van der Waals surface area contributed by atoms with Crippen molar-refractivity contribution in [2.24, 2.45) is 9.98 Å². The van der Waals surface area contributed by atoms with Gasteiger partial charge in [0.1, 0.15) is 5.69 Å². The van der Waals surface area contributed by atoms with Crippen LogP contribution in [0.4, 0.5) is 11.4 Å². The molecule has 1 heterocycles. The summed E-state index contributed by atoms with van der Waals surface area (Å²) in [6, 6.07) is 9.76. The topological polar surface area (TPSA) is 40.9 Å². The van der Waals surface area contributed by atoms with Crippen LogP contribution in [0.1, 0.15) is 11.1 Å². The molecule has 2 rings (SSSR count). The van der Waals surface area contributed by atoms with E-state index in [0.29, 0.717) is 10.8 Å². The molecule has 21 heavy (non-hydrogen) atoms. The Hall–Kier alpha value is -2.20. The van der Waals surface area contributed by atoms with Crippen LogP contribution in [0.2, 0.25) is 5.15 Å². The molecule has 0 N–H and O–H groups in total. The number of benzene rings is 1. The van der Waals surface area contributed by atoms with Crippen LogP contribution in [0.15, 0.2) is 46.5 Å². The number of aliphatic imine (C=N–C) groups is 2. The minimum absolute atomic E-state index is 0.383. The third-order valence-electron chi connectivity index (χ3n) is 2.85. The Bertz CT molecular complexity index is 680. The molecule has 0 amide bonds. The Morgan fingerprint density at radius 3 is 2.48 bits per heavy atom. The van der Waals surface area contributed by atoms with Gasteiger partial charge in [-0.3, -0.25) is 0 Å². The Labute approximate surface area is 129 Å². The molecule has 4 nitrogen and oxygen atoms in total. The number of rotatable bonds is 4. The van der Waals surface area contributed by atoms with Crippen molar-refractivity contribution in [2.45, 2.75) is 13.8 Å². The summed E-state index contributed by atoms with van der Waals surface area (Å²) in [5.74, 6) is 0. The zero-order valence-corrected chi connectivity index (χ0v) is 13.0. The van der Waals surface area contributed by atoms with E-state index >= 15 is 0 Å². The van der Waals surface area contributed by atoms with Gasteiger partial charge >= 0.3 is 0 Å². The molecule has 5 heteroatoms. The van der Waals surface area contributed by atoms with E-state index in [0.717, 1.165) is 11.3 Å².